The Morgan fingerprint density at radius 2 is 1.29 bits per heavy atom. The molecule has 0 atom stereocenters. The molecule has 1 aromatic carbocycles. The van der Waals surface area contributed by atoms with Crippen molar-refractivity contribution < 1.29 is 9.84 Å². The van der Waals surface area contributed by atoms with Crippen molar-refractivity contribution in [1.29, 1.82) is 0 Å². The Balaban J connectivity index is 1.88. The normalized spacial score (nSPS) is 10.8. The van der Waals surface area contributed by atoms with Gasteiger partial charge in [-0.2, -0.15) is 0 Å². The van der Waals surface area contributed by atoms with Gasteiger partial charge >= 0.3 is 0 Å². The first-order valence-corrected chi connectivity index (χ1v) is 8.69. The molecule has 0 saturated heterocycles. The standard InChI is InChI=1S/C19H32O2/c1-2-18-12-14-19(15-13-18)21-17-11-9-7-5-3-4-6-8-10-16-20/h12-15,20H,2-11,16-17H2,1H3. The summed E-state index contributed by atoms with van der Waals surface area (Å²) in [6, 6.07) is 8.44. The smallest absolute Gasteiger partial charge is 0.119 e. The van der Waals surface area contributed by atoms with E-state index in [-0.39, 0.29) is 0 Å². The molecule has 2 heteroatoms. The molecule has 0 heterocycles. The lowest BCUT2D eigenvalue weighted by Crippen LogP contribution is -1.97. The molecule has 0 radical (unpaired) electrons. The fourth-order valence-electron chi connectivity index (χ4n) is 2.46. The van der Waals surface area contributed by atoms with E-state index in [2.05, 4.69) is 31.2 Å². The van der Waals surface area contributed by atoms with Gasteiger partial charge < -0.3 is 9.84 Å². The molecule has 21 heavy (non-hydrogen) atoms. The molecule has 120 valence electrons. The van der Waals surface area contributed by atoms with Gasteiger partial charge in [0, 0.05) is 6.61 Å². The van der Waals surface area contributed by atoms with E-state index in [1.807, 2.05) is 0 Å². The van der Waals surface area contributed by atoms with E-state index in [9.17, 15) is 0 Å². The molecular weight excluding hydrogens is 260 g/mol. The lowest BCUT2D eigenvalue weighted by Gasteiger charge is -2.07. The van der Waals surface area contributed by atoms with Gasteiger partial charge in [-0.05, 0) is 37.0 Å². The SMILES string of the molecule is CCc1ccc(OCCCCCCCCCCCO)cc1. The van der Waals surface area contributed by atoms with Crippen LogP contribution in [0.4, 0.5) is 0 Å². The van der Waals surface area contributed by atoms with Crippen LogP contribution in [0, 0.1) is 0 Å². The molecule has 1 rings (SSSR count). The molecule has 0 unspecified atom stereocenters. The molecule has 2 nitrogen and oxygen atoms in total. The molecule has 1 N–H and O–H groups in total. The summed E-state index contributed by atoms with van der Waals surface area (Å²) in [6.07, 6.45) is 12.2. The van der Waals surface area contributed by atoms with Crippen LogP contribution in [0.1, 0.15) is 70.3 Å². The lowest BCUT2D eigenvalue weighted by atomic mass is 10.1. The second-order valence-electron chi connectivity index (χ2n) is 5.75. The molecule has 0 aliphatic carbocycles. The summed E-state index contributed by atoms with van der Waals surface area (Å²) in [6.45, 7) is 3.35. The summed E-state index contributed by atoms with van der Waals surface area (Å²) in [4.78, 5) is 0. The van der Waals surface area contributed by atoms with Gasteiger partial charge in [-0.15, -0.1) is 0 Å². The third-order valence-electron chi connectivity index (χ3n) is 3.90. The minimum Gasteiger partial charge on any atom is -0.494 e. The predicted octanol–water partition coefficient (Wildman–Crippen LogP) is 5.13. The van der Waals surface area contributed by atoms with Crippen molar-refractivity contribution in [3.8, 4) is 5.75 Å². The highest BCUT2D eigenvalue weighted by atomic mass is 16.5. The maximum Gasteiger partial charge on any atom is 0.119 e. The lowest BCUT2D eigenvalue weighted by molar-refractivity contribution is 0.282. The van der Waals surface area contributed by atoms with Crippen LogP contribution in [-0.4, -0.2) is 18.3 Å². The van der Waals surface area contributed by atoms with Crippen molar-refractivity contribution in [2.75, 3.05) is 13.2 Å². The zero-order chi connectivity index (χ0) is 15.2. The van der Waals surface area contributed by atoms with Crippen LogP contribution >= 0.6 is 0 Å². The van der Waals surface area contributed by atoms with Crippen molar-refractivity contribution in [3.63, 3.8) is 0 Å². The van der Waals surface area contributed by atoms with E-state index in [0.29, 0.717) is 6.61 Å². The molecule has 0 fully saturated rings. The first-order chi connectivity index (χ1) is 10.4. The Bertz CT molecular complexity index is 332. The van der Waals surface area contributed by atoms with Crippen molar-refractivity contribution in [2.24, 2.45) is 0 Å². The van der Waals surface area contributed by atoms with E-state index in [4.69, 9.17) is 9.84 Å². The zero-order valence-electron chi connectivity index (χ0n) is 13.7. The van der Waals surface area contributed by atoms with Crippen LogP contribution in [0.25, 0.3) is 0 Å². The van der Waals surface area contributed by atoms with Gasteiger partial charge in [0.1, 0.15) is 5.75 Å². The van der Waals surface area contributed by atoms with E-state index in [1.54, 1.807) is 0 Å². The summed E-state index contributed by atoms with van der Waals surface area (Å²) >= 11 is 0. The molecule has 0 saturated carbocycles. The summed E-state index contributed by atoms with van der Waals surface area (Å²) in [5.74, 6) is 0.996. The van der Waals surface area contributed by atoms with Crippen molar-refractivity contribution in [2.45, 2.75) is 71.1 Å². The molecule has 0 spiro atoms. The maximum absolute atomic E-state index is 8.69. The molecule has 0 amide bonds. The number of benzene rings is 1. The van der Waals surface area contributed by atoms with Crippen molar-refractivity contribution >= 4 is 0 Å². The van der Waals surface area contributed by atoms with Crippen molar-refractivity contribution in [3.05, 3.63) is 29.8 Å². The van der Waals surface area contributed by atoms with Gasteiger partial charge in [-0.3, -0.25) is 0 Å². The van der Waals surface area contributed by atoms with Crippen LogP contribution in [0.5, 0.6) is 5.75 Å². The number of aliphatic hydroxyl groups is 1. The summed E-state index contributed by atoms with van der Waals surface area (Å²) in [7, 11) is 0. The van der Waals surface area contributed by atoms with Crippen molar-refractivity contribution in [1.82, 2.24) is 0 Å². The number of rotatable bonds is 13. The van der Waals surface area contributed by atoms with Gasteiger partial charge in [0.15, 0.2) is 0 Å². The van der Waals surface area contributed by atoms with Gasteiger partial charge in [0.2, 0.25) is 0 Å². The first-order valence-electron chi connectivity index (χ1n) is 8.69. The number of hydrogen-bond donors (Lipinski definition) is 1. The summed E-state index contributed by atoms with van der Waals surface area (Å²) < 4.78 is 5.75. The monoisotopic (exact) mass is 292 g/mol. The van der Waals surface area contributed by atoms with E-state index in [1.165, 1.54) is 50.5 Å². The quantitative estimate of drug-likeness (QED) is 0.511. The Hall–Kier alpha value is -1.02. The fraction of sp³-hybridized carbons (Fsp3) is 0.684. The highest BCUT2D eigenvalue weighted by Crippen LogP contribution is 2.14. The first kappa shape index (κ1) is 18.0. The Kier molecular flexibility index (Phi) is 10.9. The minimum absolute atomic E-state index is 0.348. The summed E-state index contributed by atoms with van der Waals surface area (Å²) in [5, 5.41) is 8.69. The van der Waals surface area contributed by atoms with Crippen LogP contribution in [-0.2, 0) is 6.42 Å². The highest BCUT2D eigenvalue weighted by molar-refractivity contribution is 5.27. The van der Waals surface area contributed by atoms with E-state index in [0.717, 1.165) is 31.6 Å². The van der Waals surface area contributed by atoms with Crippen LogP contribution in [0.2, 0.25) is 0 Å². The molecule has 0 aliphatic heterocycles. The van der Waals surface area contributed by atoms with Gasteiger partial charge in [0.05, 0.1) is 6.61 Å². The molecule has 0 aromatic heterocycles. The maximum atomic E-state index is 8.69. The summed E-state index contributed by atoms with van der Waals surface area (Å²) in [5.41, 5.74) is 1.36. The highest BCUT2D eigenvalue weighted by Gasteiger charge is 1.96. The molecule has 0 aliphatic rings. The average molecular weight is 292 g/mol. The second-order valence-corrected chi connectivity index (χ2v) is 5.75. The Labute approximate surface area is 130 Å². The van der Waals surface area contributed by atoms with Gasteiger partial charge in [-0.1, -0.05) is 64.0 Å². The zero-order valence-corrected chi connectivity index (χ0v) is 13.7. The van der Waals surface area contributed by atoms with Gasteiger partial charge in [-0.25, -0.2) is 0 Å². The number of aryl methyl sites for hydroxylation is 1. The average Bonchev–Trinajstić information content (AvgIpc) is 2.53. The Morgan fingerprint density at radius 3 is 1.81 bits per heavy atom. The number of ether oxygens (including phenoxy) is 1. The Morgan fingerprint density at radius 1 is 0.762 bits per heavy atom. The van der Waals surface area contributed by atoms with Gasteiger partial charge in [0.25, 0.3) is 0 Å². The largest absolute Gasteiger partial charge is 0.494 e. The number of hydrogen-bond acceptors (Lipinski definition) is 2. The van der Waals surface area contributed by atoms with Crippen LogP contribution < -0.4 is 4.74 Å². The number of aliphatic hydroxyl groups excluding tert-OH is 1. The van der Waals surface area contributed by atoms with E-state index >= 15 is 0 Å². The third kappa shape index (κ3) is 9.52. The molecule has 0 bridgehead atoms. The van der Waals surface area contributed by atoms with Crippen LogP contribution in [0.3, 0.4) is 0 Å². The molecule has 1 aromatic rings. The van der Waals surface area contributed by atoms with E-state index < -0.39 is 0 Å². The fourth-order valence-corrected chi connectivity index (χ4v) is 2.46. The molecular formula is C19H32O2. The number of unbranched alkanes of at least 4 members (excludes halogenated alkanes) is 8. The van der Waals surface area contributed by atoms with Crippen LogP contribution in [0.15, 0.2) is 24.3 Å². The second kappa shape index (κ2) is 12.7. The minimum atomic E-state index is 0.348. The third-order valence-corrected chi connectivity index (χ3v) is 3.90. The predicted molar refractivity (Wildman–Crippen MR) is 90.0 cm³/mol. The topological polar surface area (TPSA) is 29.5 Å².